The van der Waals surface area contributed by atoms with Crippen molar-refractivity contribution in [3.8, 4) is 17.3 Å². The van der Waals surface area contributed by atoms with Gasteiger partial charge in [-0.3, -0.25) is 14.8 Å². The molecular formula is C20H19N5O3. The zero-order valence-electron chi connectivity index (χ0n) is 15.8. The Balaban J connectivity index is 1.68. The predicted octanol–water partition coefficient (Wildman–Crippen LogP) is 3.58. The van der Waals surface area contributed by atoms with Gasteiger partial charge >= 0.3 is 6.01 Å². The zero-order chi connectivity index (χ0) is 19.7. The van der Waals surface area contributed by atoms with Crippen molar-refractivity contribution in [3.05, 3.63) is 53.7 Å². The van der Waals surface area contributed by atoms with E-state index in [1.807, 2.05) is 50.2 Å². The Morgan fingerprint density at radius 3 is 2.79 bits per heavy atom. The van der Waals surface area contributed by atoms with Crippen LogP contribution in [0.3, 0.4) is 0 Å². The van der Waals surface area contributed by atoms with Crippen LogP contribution in [-0.2, 0) is 7.05 Å². The number of anilines is 1. The minimum Gasteiger partial charge on any atom is -0.493 e. The van der Waals surface area contributed by atoms with Gasteiger partial charge < -0.3 is 9.15 Å². The van der Waals surface area contributed by atoms with E-state index < -0.39 is 0 Å². The van der Waals surface area contributed by atoms with Gasteiger partial charge in [0.1, 0.15) is 11.4 Å². The van der Waals surface area contributed by atoms with E-state index >= 15 is 0 Å². The molecule has 0 aliphatic carbocycles. The molecular weight excluding hydrogens is 358 g/mol. The maximum atomic E-state index is 13.0. The molecule has 28 heavy (non-hydrogen) atoms. The number of amides is 1. The van der Waals surface area contributed by atoms with E-state index in [0.717, 1.165) is 16.5 Å². The lowest BCUT2D eigenvalue weighted by Gasteiger charge is -2.12. The Kier molecular flexibility index (Phi) is 4.52. The number of fused-ring (bicyclic) bond motifs is 1. The number of carbonyl (C=O) groups is 1. The Morgan fingerprint density at radius 1 is 1.21 bits per heavy atom. The van der Waals surface area contributed by atoms with E-state index in [9.17, 15) is 4.79 Å². The molecule has 0 radical (unpaired) electrons. The van der Waals surface area contributed by atoms with Gasteiger partial charge in [0.15, 0.2) is 0 Å². The molecule has 0 aliphatic heterocycles. The fraction of sp³-hybridized carbons (Fsp3) is 0.200. The quantitative estimate of drug-likeness (QED) is 0.571. The molecule has 0 bridgehead atoms. The van der Waals surface area contributed by atoms with Crippen LogP contribution in [0.15, 0.2) is 46.9 Å². The van der Waals surface area contributed by atoms with Crippen molar-refractivity contribution in [1.29, 1.82) is 0 Å². The summed E-state index contributed by atoms with van der Waals surface area (Å²) in [5, 5.41) is 16.6. The third-order valence-electron chi connectivity index (χ3n) is 4.28. The summed E-state index contributed by atoms with van der Waals surface area (Å²) in [6, 6.07) is 13.2. The van der Waals surface area contributed by atoms with E-state index in [-0.39, 0.29) is 17.8 Å². The number of nitrogens with zero attached hydrogens (tertiary/aromatic N) is 4. The van der Waals surface area contributed by atoms with Gasteiger partial charge in [-0.2, -0.15) is 5.10 Å². The highest BCUT2D eigenvalue weighted by atomic mass is 16.5. The van der Waals surface area contributed by atoms with Crippen LogP contribution in [0.5, 0.6) is 5.75 Å². The largest absolute Gasteiger partial charge is 0.493 e. The molecule has 142 valence electrons. The first-order valence-electron chi connectivity index (χ1n) is 8.87. The number of rotatable bonds is 5. The number of hydrogen-bond acceptors (Lipinski definition) is 6. The average molecular weight is 377 g/mol. The topological polar surface area (TPSA) is 95.1 Å². The fourth-order valence-electron chi connectivity index (χ4n) is 3.11. The number of nitrogens with one attached hydrogen (secondary N) is 1. The first kappa shape index (κ1) is 17.7. The van der Waals surface area contributed by atoms with Gasteiger partial charge in [0, 0.05) is 7.05 Å². The molecule has 2 aromatic carbocycles. The summed E-state index contributed by atoms with van der Waals surface area (Å²) in [6.45, 7) is 4.19. The second-order valence-electron chi connectivity index (χ2n) is 6.25. The number of hydrogen-bond donors (Lipinski definition) is 1. The normalized spacial score (nSPS) is 11.0. The summed E-state index contributed by atoms with van der Waals surface area (Å²) >= 11 is 0. The van der Waals surface area contributed by atoms with Gasteiger partial charge in [-0.25, -0.2) is 0 Å². The van der Waals surface area contributed by atoms with Crippen LogP contribution in [-0.4, -0.2) is 32.5 Å². The van der Waals surface area contributed by atoms with Crippen LogP contribution in [0, 0.1) is 6.92 Å². The summed E-state index contributed by atoms with van der Waals surface area (Å²) in [6.07, 6.45) is 0. The van der Waals surface area contributed by atoms with E-state index in [0.29, 0.717) is 23.6 Å². The van der Waals surface area contributed by atoms with E-state index in [2.05, 4.69) is 20.6 Å². The highest BCUT2D eigenvalue weighted by molar-refractivity contribution is 6.14. The first-order valence-corrected chi connectivity index (χ1v) is 8.87. The molecule has 0 saturated carbocycles. The third kappa shape index (κ3) is 3.20. The molecule has 1 amide bonds. The molecule has 0 aliphatic rings. The first-order chi connectivity index (χ1) is 13.6. The summed E-state index contributed by atoms with van der Waals surface area (Å²) in [5.74, 6) is 0.402. The lowest BCUT2D eigenvalue weighted by atomic mass is 10.0. The smallest absolute Gasteiger partial charge is 0.322 e. The average Bonchev–Trinajstić information content (AvgIpc) is 3.27. The summed E-state index contributed by atoms with van der Waals surface area (Å²) in [5.41, 5.74) is 1.93. The Hall–Kier alpha value is -3.68. The van der Waals surface area contributed by atoms with Crippen molar-refractivity contribution in [2.45, 2.75) is 13.8 Å². The Labute approximate surface area is 161 Å². The standard InChI is InChI=1S/C20H19N5O3/c1-4-27-16-10-9-13-7-5-6-8-14(13)17(16)18(26)21-20-23-22-19(28-20)15-11-12(2)24-25(15)3/h5-11H,4H2,1-3H3,(H,21,23,26). The monoisotopic (exact) mass is 377 g/mol. The van der Waals surface area contributed by atoms with Crippen molar-refractivity contribution in [2.24, 2.45) is 7.05 Å². The van der Waals surface area contributed by atoms with E-state index in [1.54, 1.807) is 17.8 Å². The van der Waals surface area contributed by atoms with Gasteiger partial charge in [-0.05, 0) is 36.8 Å². The van der Waals surface area contributed by atoms with Gasteiger partial charge in [-0.1, -0.05) is 35.4 Å². The SMILES string of the molecule is CCOc1ccc2ccccc2c1C(=O)Nc1nnc(-c2cc(C)nn2C)o1. The minimum absolute atomic E-state index is 0.00855. The molecule has 4 aromatic rings. The molecule has 8 heteroatoms. The molecule has 0 saturated heterocycles. The van der Waals surface area contributed by atoms with Crippen LogP contribution in [0.25, 0.3) is 22.4 Å². The number of benzene rings is 2. The fourth-order valence-corrected chi connectivity index (χ4v) is 3.11. The van der Waals surface area contributed by atoms with Crippen LogP contribution in [0.1, 0.15) is 23.0 Å². The van der Waals surface area contributed by atoms with Crippen LogP contribution < -0.4 is 10.1 Å². The van der Waals surface area contributed by atoms with Gasteiger partial charge in [0.05, 0.1) is 17.9 Å². The Morgan fingerprint density at radius 2 is 2.04 bits per heavy atom. The van der Waals surface area contributed by atoms with E-state index in [4.69, 9.17) is 9.15 Å². The second-order valence-corrected chi connectivity index (χ2v) is 6.25. The number of carbonyl (C=O) groups excluding carboxylic acids is 1. The number of aryl methyl sites for hydroxylation is 2. The summed E-state index contributed by atoms with van der Waals surface area (Å²) < 4.78 is 12.9. The summed E-state index contributed by atoms with van der Waals surface area (Å²) in [4.78, 5) is 13.0. The molecule has 2 heterocycles. The molecule has 4 rings (SSSR count). The molecule has 1 N–H and O–H groups in total. The van der Waals surface area contributed by atoms with E-state index in [1.165, 1.54) is 0 Å². The molecule has 0 fully saturated rings. The minimum atomic E-state index is -0.378. The Bertz CT molecular complexity index is 1160. The lowest BCUT2D eigenvalue weighted by Crippen LogP contribution is -2.14. The zero-order valence-corrected chi connectivity index (χ0v) is 15.8. The molecule has 8 nitrogen and oxygen atoms in total. The summed E-state index contributed by atoms with van der Waals surface area (Å²) in [7, 11) is 1.79. The lowest BCUT2D eigenvalue weighted by molar-refractivity contribution is 0.102. The van der Waals surface area contributed by atoms with Gasteiger partial charge in [0.2, 0.25) is 0 Å². The molecule has 0 spiro atoms. The highest BCUT2D eigenvalue weighted by Crippen LogP contribution is 2.29. The van der Waals surface area contributed by atoms with Gasteiger partial charge in [0.25, 0.3) is 11.8 Å². The maximum absolute atomic E-state index is 13.0. The van der Waals surface area contributed by atoms with Gasteiger partial charge in [-0.15, -0.1) is 5.10 Å². The highest BCUT2D eigenvalue weighted by Gasteiger charge is 2.20. The van der Waals surface area contributed by atoms with Crippen molar-refractivity contribution in [1.82, 2.24) is 20.0 Å². The predicted molar refractivity (Wildman–Crippen MR) is 104 cm³/mol. The number of ether oxygens (including phenoxy) is 1. The maximum Gasteiger partial charge on any atom is 0.322 e. The second kappa shape index (κ2) is 7.15. The van der Waals surface area contributed by atoms with Crippen molar-refractivity contribution >= 4 is 22.7 Å². The third-order valence-corrected chi connectivity index (χ3v) is 4.28. The van der Waals surface area contributed by atoms with Crippen molar-refractivity contribution in [2.75, 3.05) is 11.9 Å². The van der Waals surface area contributed by atoms with Crippen LogP contribution in [0.4, 0.5) is 6.01 Å². The molecule has 2 aromatic heterocycles. The van der Waals surface area contributed by atoms with Crippen LogP contribution in [0.2, 0.25) is 0 Å². The van der Waals surface area contributed by atoms with Crippen molar-refractivity contribution < 1.29 is 13.9 Å². The van der Waals surface area contributed by atoms with Crippen molar-refractivity contribution in [3.63, 3.8) is 0 Å². The molecule has 0 unspecified atom stereocenters. The molecule has 0 atom stereocenters. The number of aromatic nitrogens is 4. The van der Waals surface area contributed by atoms with Crippen LogP contribution >= 0.6 is 0 Å².